The van der Waals surface area contributed by atoms with Gasteiger partial charge in [-0.05, 0) is 45.1 Å². The number of nitriles is 1. The van der Waals surface area contributed by atoms with Gasteiger partial charge in [-0.2, -0.15) is 10.4 Å². The SMILES string of the molecule is Cc1nnc(N(C)C(C)C2CC2)c(C#N)c1C. The maximum atomic E-state index is 9.26. The van der Waals surface area contributed by atoms with Gasteiger partial charge in [0.25, 0.3) is 0 Å². The summed E-state index contributed by atoms with van der Waals surface area (Å²) in [6.45, 7) is 6.01. The first-order valence-electron chi connectivity index (χ1n) is 6.03. The molecule has 1 atom stereocenters. The predicted octanol–water partition coefficient (Wildman–Crippen LogP) is 2.20. The molecule has 90 valence electrons. The van der Waals surface area contributed by atoms with Gasteiger partial charge in [0.2, 0.25) is 0 Å². The van der Waals surface area contributed by atoms with Crippen molar-refractivity contribution in [1.82, 2.24) is 10.2 Å². The molecule has 1 heterocycles. The monoisotopic (exact) mass is 230 g/mol. The Morgan fingerprint density at radius 2 is 2.00 bits per heavy atom. The van der Waals surface area contributed by atoms with E-state index in [4.69, 9.17) is 0 Å². The lowest BCUT2D eigenvalue weighted by Crippen LogP contribution is -2.32. The number of aromatic nitrogens is 2. The van der Waals surface area contributed by atoms with Crippen molar-refractivity contribution in [2.75, 3.05) is 11.9 Å². The topological polar surface area (TPSA) is 52.8 Å². The van der Waals surface area contributed by atoms with E-state index in [0.717, 1.165) is 23.0 Å². The number of aryl methyl sites for hydroxylation is 1. The van der Waals surface area contributed by atoms with Crippen molar-refractivity contribution in [3.63, 3.8) is 0 Å². The second-order valence-electron chi connectivity index (χ2n) is 4.91. The molecule has 1 aliphatic rings. The average molecular weight is 230 g/mol. The van der Waals surface area contributed by atoms with Crippen LogP contribution in [0.2, 0.25) is 0 Å². The molecule has 1 aliphatic carbocycles. The van der Waals surface area contributed by atoms with Gasteiger partial charge in [-0.1, -0.05) is 0 Å². The molecule has 0 spiro atoms. The third-order valence-electron chi connectivity index (χ3n) is 3.80. The van der Waals surface area contributed by atoms with Gasteiger partial charge in [-0.3, -0.25) is 0 Å². The summed E-state index contributed by atoms with van der Waals surface area (Å²) < 4.78 is 0. The highest BCUT2D eigenvalue weighted by molar-refractivity contribution is 5.57. The second-order valence-corrected chi connectivity index (χ2v) is 4.91. The zero-order chi connectivity index (χ0) is 12.6. The Bertz CT molecular complexity index is 471. The van der Waals surface area contributed by atoms with Crippen molar-refractivity contribution in [3.8, 4) is 6.07 Å². The average Bonchev–Trinajstić information content (AvgIpc) is 3.14. The molecule has 1 unspecified atom stereocenters. The molecule has 4 heteroatoms. The van der Waals surface area contributed by atoms with Gasteiger partial charge in [0.1, 0.15) is 11.6 Å². The number of anilines is 1. The van der Waals surface area contributed by atoms with Crippen LogP contribution in [0.3, 0.4) is 0 Å². The second kappa shape index (κ2) is 4.33. The Hall–Kier alpha value is -1.63. The molecule has 0 amide bonds. The lowest BCUT2D eigenvalue weighted by Gasteiger charge is -2.26. The van der Waals surface area contributed by atoms with Crippen LogP contribution in [0.5, 0.6) is 0 Å². The molecule has 1 saturated carbocycles. The first kappa shape index (κ1) is 11.8. The molecule has 0 N–H and O–H groups in total. The van der Waals surface area contributed by atoms with Crippen LogP contribution in [-0.2, 0) is 0 Å². The van der Waals surface area contributed by atoms with Crippen LogP contribution in [0.25, 0.3) is 0 Å². The smallest absolute Gasteiger partial charge is 0.169 e. The summed E-state index contributed by atoms with van der Waals surface area (Å²) in [6.07, 6.45) is 2.57. The summed E-state index contributed by atoms with van der Waals surface area (Å²) in [4.78, 5) is 2.09. The Kier molecular flexibility index (Phi) is 3.01. The van der Waals surface area contributed by atoms with E-state index in [0.29, 0.717) is 11.6 Å². The summed E-state index contributed by atoms with van der Waals surface area (Å²) in [5.41, 5.74) is 2.43. The fourth-order valence-electron chi connectivity index (χ4n) is 2.06. The van der Waals surface area contributed by atoms with Crippen molar-refractivity contribution in [1.29, 1.82) is 5.26 Å². The molecule has 0 saturated heterocycles. The van der Waals surface area contributed by atoms with E-state index in [-0.39, 0.29) is 0 Å². The Morgan fingerprint density at radius 1 is 1.35 bits per heavy atom. The standard InChI is InChI=1S/C13H18N4/c1-8-9(2)15-16-13(12(8)7-14)17(4)10(3)11-5-6-11/h10-11H,5-6H2,1-4H3. The van der Waals surface area contributed by atoms with Crippen LogP contribution >= 0.6 is 0 Å². The van der Waals surface area contributed by atoms with E-state index in [9.17, 15) is 5.26 Å². The molecule has 1 aromatic heterocycles. The predicted molar refractivity (Wildman–Crippen MR) is 66.8 cm³/mol. The van der Waals surface area contributed by atoms with Crippen molar-refractivity contribution >= 4 is 5.82 Å². The summed E-state index contributed by atoms with van der Waals surface area (Å²) in [5, 5.41) is 17.6. The largest absolute Gasteiger partial charge is 0.354 e. The molecule has 0 bridgehead atoms. The fraction of sp³-hybridized carbons (Fsp3) is 0.615. The maximum Gasteiger partial charge on any atom is 0.169 e. The maximum absolute atomic E-state index is 9.26. The zero-order valence-electron chi connectivity index (χ0n) is 10.9. The van der Waals surface area contributed by atoms with Gasteiger partial charge in [-0.25, -0.2) is 0 Å². The summed E-state index contributed by atoms with van der Waals surface area (Å²) in [5.74, 6) is 1.46. The van der Waals surface area contributed by atoms with Crippen molar-refractivity contribution < 1.29 is 0 Å². The molecule has 1 aromatic rings. The van der Waals surface area contributed by atoms with E-state index in [1.54, 1.807) is 0 Å². The van der Waals surface area contributed by atoms with Crippen LogP contribution in [0.4, 0.5) is 5.82 Å². The van der Waals surface area contributed by atoms with E-state index < -0.39 is 0 Å². The van der Waals surface area contributed by atoms with E-state index in [2.05, 4.69) is 28.1 Å². The highest BCUT2D eigenvalue weighted by Gasteiger charge is 2.32. The lowest BCUT2D eigenvalue weighted by atomic mass is 10.1. The minimum absolute atomic E-state index is 0.429. The lowest BCUT2D eigenvalue weighted by molar-refractivity contribution is 0.599. The van der Waals surface area contributed by atoms with Crippen molar-refractivity contribution in [2.45, 2.75) is 39.7 Å². The van der Waals surface area contributed by atoms with Gasteiger partial charge in [0.15, 0.2) is 5.82 Å². The minimum Gasteiger partial charge on any atom is -0.354 e. The van der Waals surface area contributed by atoms with Gasteiger partial charge < -0.3 is 4.90 Å². The van der Waals surface area contributed by atoms with Crippen LogP contribution < -0.4 is 4.90 Å². The molecule has 2 rings (SSSR count). The number of nitrogens with zero attached hydrogens (tertiary/aromatic N) is 4. The number of rotatable bonds is 3. The van der Waals surface area contributed by atoms with Crippen LogP contribution in [0, 0.1) is 31.1 Å². The molecular weight excluding hydrogens is 212 g/mol. The van der Waals surface area contributed by atoms with Crippen LogP contribution in [0.1, 0.15) is 36.6 Å². The van der Waals surface area contributed by atoms with Gasteiger partial charge in [-0.15, -0.1) is 5.10 Å². The molecule has 4 nitrogen and oxygen atoms in total. The van der Waals surface area contributed by atoms with Crippen molar-refractivity contribution in [2.24, 2.45) is 5.92 Å². The first-order valence-corrected chi connectivity index (χ1v) is 6.03. The minimum atomic E-state index is 0.429. The molecule has 1 fully saturated rings. The van der Waals surface area contributed by atoms with Gasteiger partial charge >= 0.3 is 0 Å². The number of hydrogen-bond donors (Lipinski definition) is 0. The summed E-state index contributed by atoms with van der Waals surface area (Å²) in [6, 6.07) is 2.68. The van der Waals surface area contributed by atoms with Gasteiger partial charge in [0.05, 0.1) is 5.69 Å². The zero-order valence-corrected chi connectivity index (χ0v) is 10.9. The molecule has 0 aliphatic heterocycles. The first-order chi connectivity index (χ1) is 8.06. The normalized spacial score (nSPS) is 16.4. The quantitative estimate of drug-likeness (QED) is 0.798. The third-order valence-corrected chi connectivity index (χ3v) is 3.80. The Balaban J connectivity index is 2.38. The molecular formula is C13H18N4. The van der Waals surface area contributed by atoms with Crippen LogP contribution in [0.15, 0.2) is 0 Å². The summed E-state index contributed by atoms with van der Waals surface area (Å²) in [7, 11) is 2.00. The van der Waals surface area contributed by atoms with Gasteiger partial charge in [0, 0.05) is 13.1 Å². The highest BCUT2D eigenvalue weighted by atomic mass is 15.3. The summed E-state index contributed by atoms with van der Waals surface area (Å²) >= 11 is 0. The van der Waals surface area contributed by atoms with E-state index in [1.807, 2.05) is 20.9 Å². The van der Waals surface area contributed by atoms with E-state index >= 15 is 0 Å². The van der Waals surface area contributed by atoms with E-state index in [1.165, 1.54) is 12.8 Å². The number of hydrogen-bond acceptors (Lipinski definition) is 4. The Morgan fingerprint density at radius 3 is 2.53 bits per heavy atom. The molecule has 0 radical (unpaired) electrons. The van der Waals surface area contributed by atoms with Crippen LogP contribution in [-0.4, -0.2) is 23.3 Å². The van der Waals surface area contributed by atoms with Crippen molar-refractivity contribution in [3.05, 3.63) is 16.8 Å². The third kappa shape index (κ3) is 2.10. The fourth-order valence-corrected chi connectivity index (χ4v) is 2.06. The molecule has 0 aromatic carbocycles. The molecule has 17 heavy (non-hydrogen) atoms. The highest BCUT2D eigenvalue weighted by Crippen LogP contribution is 2.36. The Labute approximate surface area is 102 Å².